The zero-order valence-electron chi connectivity index (χ0n) is 11.9. The molecule has 0 saturated carbocycles. The van der Waals surface area contributed by atoms with E-state index in [9.17, 15) is 13.5 Å². The maximum atomic E-state index is 12.7. The topological polar surface area (TPSA) is 83.6 Å². The van der Waals surface area contributed by atoms with Crippen LogP contribution in [0, 0.1) is 5.92 Å². The number of hydrogen-bond acceptors (Lipinski definition) is 4. The van der Waals surface area contributed by atoms with Crippen molar-refractivity contribution in [2.45, 2.75) is 30.8 Å². The molecule has 1 aliphatic heterocycles. The highest BCUT2D eigenvalue weighted by atomic mass is 32.2. The number of nitrogens with two attached hydrogens (primary N) is 1. The Hall–Kier alpha value is -1.02. The van der Waals surface area contributed by atoms with Gasteiger partial charge in [-0.15, -0.1) is 0 Å². The fourth-order valence-electron chi connectivity index (χ4n) is 2.63. The van der Waals surface area contributed by atoms with Gasteiger partial charge >= 0.3 is 0 Å². The summed E-state index contributed by atoms with van der Waals surface area (Å²) in [5.41, 5.74) is 6.00. The lowest BCUT2D eigenvalue weighted by Crippen LogP contribution is -2.41. The molecule has 1 fully saturated rings. The van der Waals surface area contributed by atoms with Crippen molar-refractivity contribution in [3.63, 3.8) is 0 Å². The molecule has 5 nitrogen and oxygen atoms in total. The van der Waals surface area contributed by atoms with Crippen molar-refractivity contribution in [2.24, 2.45) is 11.7 Å². The molecule has 116 valence electrons. The molecule has 0 radical (unpaired) electrons. The lowest BCUT2D eigenvalue weighted by atomic mass is 9.93. The summed E-state index contributed by atoms with van der Waals surface area (Å²) in [6, 6.07) is 6.53. The summed E-state index contributed by atoms with van der Waals surface area (Å²) in [5, 5.41) is 9.60. The number of hydrogen-bond donors (Lipinski definition) is 2. The largest absolute Gasteiger partial charge is 0.393 e. The van der Waals surface area contributed by atoms with E-state index in [2.05, 4.69) is 0 Å². The molecule has 0 amide bonds. The van der Waals surface area contributed by atoms with E-state index in [4.69, 9.17) is 18.0 Å². The first-order valence-electron chi connectivity index (χ1n) is 6.91. The smallest absolute Gasteiger partial charge is 0.243 e. The van der Waals surface area contributed by atoms with Gasteiger partial charge in [0, 0.05) is 18.7 Å². The van der Waals surface area contributed by atoms with Crippen molar-refractivity contribution >= 4 is 27.2 Å². The molecule has 1 unspecified atom stereocenters. The van der Waals surface area contributed by atoms with Gasteiger partial charge in [0.1, 0.15) is 4.99 Å². The minimum atomic E-state index is -3.60. The number of aliphatic hydroxyl groups is 1. The van der Waals surface area contributed by atoms with E-state index in [0.29, 0.717) is 31.5 Å². The first kappa shape index (κ1) is 16.4. The van der Waals surface area contributed by atoms with Crippen LogP contribution in [0.15, 0.2) is 29.2 Å². The summed E-state index contributed by atoms with van der Waals surface area (Å²) >= 11 is 4.93. The Bertz CT molecular complexity index is 621. The molecular formula is C14H20N2O3S2. The zero-order valence-corrected chi connectivity index (χ0v) is 13.5. The van der Waals surface area contributed by atoms with Crippen LogP contribution in [-0.4, -0.2) is 42.0 Å². The molecule has 0 spiro atoms. The predicted octanol–water partition coefficient (Wildman–Crippen LogP) is 1.10. The third-order valence-corrected chi connectivity index (χ3v) is 6.13. The summed E-state index contributed by atoms with van der Waals surface area (Å²) in [5.74, 6) is 0.155. The maximum absolute atomic E-state index is 12.7. The highest BCUT2D eigenvalue weighted by molar-refractivity contribution is 7.89. The highest BCUT2D eigenvalue weighted by Crippen LogP contribution is 2.27. The van der Waals surface area contributed by atoms with Crippen LogP contribution >= 0.6 is 12.2 Å². The Morgan fingerprint density at radius 1 is 1.38 bits per heavy atom. The van der Waals surface area contributed by atoms with Crippen LogP contribution in [-0.2, 0) is 10.0 Å². The number of rotatable bonds is 4. The molecule has 1 heterocycles. The first-order chi connectivity index (χ1) is 9.84. The van der Waals surface area contributed by atoms with Gasteiger partial charge in [-0.3, -0.25) is 0 Å². The molecule has 0 aromatic heterocycles. The van der Waals surface area contributed by atoms with Crippen molar-refractivity contribution in [3.05, 3.63) is 29.8 Å². The van der Waals surface area contributed by atoms with E-state index >= 15 is 0 Å². The maximum Gasteiger partial charge on any atom is 0.243 e. The molecule has 21 heavy (non-hydrogen) atoms. The van der Waals surface area contributed by atoms with Crippen LogP contribution in [0.3, 0.4) is 0 Å². The SMILES string of the molecule is CC(O)C1CCN(S(=O)(=O)c2ccccc2C(N)=S)CC1. The Morgan fingerprint density at radius 3 is 2.48 bits per heavy atom. The Balaban J connectivity index is 2.26. The minimum absolute atomic E-state index is 0.0769. The molecule has 1 saturated heterocycles. The van der Waals surface area contributed by atoms with Gasteiger partial charge < -0.3 is 10.8 Å². The zero-order chi connectivity index (χ0) is 15.6. The van der Waals surface area contributed by atoms with Crippen LogP contribution in [0.5, 0.6) is 0 Å². The average Bonchev–Trinajstić information content (AvgIpc) is 2.47. The summed E-state index contributed by atoms with van der Waals surface area (Å²) in [6.45, 7) is 2.56. The average molecular weight is 328 g/mol. The number of benzene rings is 1. The normalized spacial score (nSPS) is 19.3. The Labute approximate surface area is 130 Å². The monoisotopic (exact) mass is 328 g/mol. The van der Waals surface area contributed by atoms with E-state index in [1.165, 1.54) is 10.4 Å². The number of sulfonamides is 1. The lowest BCUT2D eigenvalue weighted by Gasteiger charge is -2.32. The first-order valence-corrected chi connectivity index (χ1v) is 8.76. The van der Waals surface area contributed by atoms with E-state index in [-0.39, 0.29) is 15.8 Å². The minimum Gasteiger partial charge on any atom is -0.393 e. The van der Waals surface area contributed by atoms with Gasteiger partial charge in [-0.25, -0.2) is 8.42 Å². The number of aliphatic hydroxyl groups excluding tert-OH is 1. The molecular weight excluding hydrogens is 308 g/mol. The molecule has 2 rings (SSSR count). The second kappa shape index (κ2) is 6.39. The van der Waals surface area contributed by atoms with Crippen molar-refractivity contribution in [1.29, 1.82) is 0 Å². The molecule has 1 aliphatic rings. The summed E-state index contributed by atoms with van der Waals surface area (Å²) in [6.07, 6.45) is 0.914. The van der Waals surface area contributed by atoms with Crippen molar-refractivity contribution < 1.29 is 13.5 Å². The Morgan fingerprint density at radius 2 is 1.95 bits per heavy atom. The number of nitrogens with zero attached hydrogens (tertiary/aromatic N) is 1. The van der Waals surface area contributed by atoms with Crippen molar-refractivity contribution in [3.8, 4) is 0 Å². The predicted molar refractivity (Wildman–Crippen MR) is 85.5 cm³/mol. The van der Waals surface area contributed by atoms with Crippen molar-refractivity contribution in [2.75, 3.05) is 13.1 Å². The lowest BCUT2D eigenvalue weighted by molar-refractivity contribution is 0.0912. The van der Waals surface area contributed by atoms with E-state index in [0.717, 1.165) is 0 Å². The van der Waals surface area contributed by atoms with E-state index in [1.807, 2.05) is 0 Å². The van der Waals surface area contributed by atoms with Crippen molar-refractivity contribution in [1.82, 2.24) is 4.31 Å². The van der Waals surface area contributed by atoms with Crippen LogP contribution < -0.4 is 5.73 Å². The van der Waals surface area contributed by atoms with Gasteiger partial charge in [0.2, 0.25) is 10.0 Å². The van der Waals surface area contributed by atoms with Gasteiger partial charge in [0.05, 0.1) is 11.0 Å². The number of thiocarbonyl (C=S) groups is 1. The van der Waals surface area contributed by atoms with Gasteiger partial charge in [0.25, 0.3) is 0 Å². The van der Waals surface area contributed by atoms with Crippen LogP contribution in [0.25, 0.3) is 0 Å². The molecule has 3 N–H and O–H groups in total. The quantitative estimate of drug-likeness (QED) is 0.809. The molecule has 0 aliphatic carbocycles. The number of piperidine rings is 1. The van der Waals surface area contributed by atoms with E-state index < -0.39 is 16.1 Å². The molecule has 1 aromatic carbocycles. The van der Waals surface area contributed by atoms with Gasteiger partial charge in [-0.1, -0.05) is 30.4 Å². The summed E-state index contributed by atoms with van der Waals surface area (Å²) in [4.78, 5) is 0.237. The summed E-state index contributed by atoms with van der Waals surface area (Å²) < 4.78 is 26.9. The second-order valence-corrected chi connectivity index (χ2v) is 7.69. The third kappa shape index (κ3) is 3.42. The standard InChI is InChI=1S/C14H20N2O3S2/c1-10(17)11-6-8-16(9-7-11)21(18,19)13-5-3-2-4-12(13)14(15)20/h2-5,10-11,17H,6-9H2,1H3,(H2,15,20). The highest BCUT2D eigenvalue weighted by Gasteiger charge is 2.32. The van der Waals surface area contributed by atoms with Crippen LogP contribution in [0.1, 0.15) is 25.3 Å². The fourth-order valence-corrected chi connectivity index (χ4v) is 4.55. The van der Waals surface area contributed by atoms with E-state index in [1.54, 1.807) is 25.1 Å². The Kier molecular flexibility index (Phi) is 4.98. The summed E-state index contributed by atoms with van der Waals surface area (Å²) in [7, 11) is -3.60. The van der Waals surface area contributed by atoms with Gasteiger partial charge in [-0.2, -0.15) is 4.31 Å². The van der Waals surface area contributed by atoms with Gasteiger partial charge in [0.15, 0.2) is 0 Å². The third-order valence-electron chi connectivity index (χ3n) is 3.95. The molecule has 1 atom stereocenters. The molecule has 0 bridgehead atoms. The van der Waals surface area contributed by atoms with Gasteiger partial charge in [-0.05, 0) is 31.7 Å². The van der Waals surface area contributed by atoms with Crippen LogP contribution in [0.2, 0.25) is 0 Å². The molecule has 1 aromatic rings. The molecule has 7 heteroatoms. The van der Waals surface area contributed by atoms with Crippen LogP contribution in [0.4, 0.5) is 0 Å². The second-order valence-electron chi connectivity index (χ2n) is 5.34. The fraction of sp³-hybridized carbons (Fsp3) is 0.500.